The van der Waals surface area contributed by atoms with Gasteiger partial charge in [-0.1, -0.05) is 0 Å². The van der Waals surface area contributed by atoms with Crippen molar-refractivity contribution in [2.45, 2.75) is 45.7 Å². The van der Waals surface area contributed by atoms with Gasteiger partial charge < -0.3 is 14.6 Å². The maximum atomic E-state index is 5.53. The summed E-state index contributed by atoms with van der Waals surface area (Å²) in [5.41, 5.74) is 1.06. The highest BCUT2D eigenvalue weighted by Crippen LogP contribution is 2.24. The van der Waals surface area contributed by atoms with Gasteiger partial charge in [-0.25, -0.2) is 4.98 Å². The lowest BCUT2D eigenvalue weighted by Gasteiger charge is -2.25. The molecule has 1 saturated heterocycles. The molecule has 0 bridgehead atoms. The van der Waals surface area contributed by atoms with Crippen LogP contribution >= 0.6 is 0 Å². The van der Waals surface area contributed by atoms with E-state index in [-0.39, 0.29) is 0 Å². The average Bonchev–Trinajstić information content (AvgIpc) is 2.60. The fourth-order valence-corrected chi connectivity index (χ4v) is 2.10. The average molecular weight is 223 g/mol. The third-order valence-corrected chi connectivity index (χ3v) is 2.80. The van der Waals surface area contributed by atoms with Crippen LogP contribution in [-0.2, 0) is 4.74 Å². The Labute approximate surface area is 97.0 Å². The first-order valence-corrected chi connectivity index (χ1v) is 6.06. The maximum Gasteiger partial charge on any atom is 0.203 e. The highest BCUT2D eigenvalue weighted by molar-refractivity contribution is 5.30. The Bertz CT molecular complexity index is 340. The second-order valence-electron chi connectivity index (χ2n) is 4.78. The Balaban J connectivity index is 2.17. The summed E-state index contributed by atoms with van der Waals surface area (Å²) in [5, 5.41) is 3.39. The minimum atomic E-state index is 0.407. The second-order valence-corrected chi connectivity index (χ2v) is 4.78. The van der Waals surface area contributed by atoms with Crippen LogP contribution in [-0.4, -0.2) is 28.8 Å². The van der Waals surface area contributed by atoms with Gasteiger partial charge in [0.05, 0.1) is 18.3 Å². The molecule has 1 aromatic heterocycles. The smallest absolute Gasteiger partial charge is 0.203 e. The van der Waals surface area contributed by atoms with Crippen LogP contribution in [0.25, 0.3) is 0 Å². The first-order chi connectivity index (χ1) is 7.66. The first kappa shape index (κ1) is 11.5. The van der Waals surface area contributed by atoms with Crippen LogP contribution in [0.1, 0.15) is 38.4 Å². The summed E-state index contributed by atoms with van der Waals surface area (Å²) in [5.74, 6) is 0.975. The van der Waals surface area contributed by atoms with E-state index in [2.05, 4.69) is 34.9 Å². The number of nitrogens with one attached hydrogen (secondary N) is 1. The van der Waals surface area contributed by atoms with Crippen molar-refractivity contribution in [3.8, 4) is 0 Å². The lowest BCUT2D eigenvalue weighted by molar-refractivity contribution is 0.0597. The molecule has 0 aliphatic carbocycles. The largest absolute Gasteiger partial charge is 0.379 e. The summed E-state index contributed by atoms with van der Waals surface area (Å²) in [6.45, 7) is 8.00. The Morgan fingerprint density at radius 3 is 3.00 bits per heavy atom. The summed E-state index contributed by atoms with van der Waals surface area (Å²) in [6.07, 6.45) is 4.44. The normalized spacial score (nSPS) is 21.4. The minimum absolute atomic E-state index is 0.407. The van der Waals surface area contributed by atoms with Crippen LogP contribution in [0.4, 0.5) is 5.95 Å². The molecule has 1 atom stereocenters. The summed E-state index contributed by atoms with van der Waals surface area (Å²) >= 11 is 0. The van der Waals surface area contributed by atoms with E-state index in [9.17, 15) is 0 Å². The van der Waals surface area contributed by atoms with Crippen LogP contribution in [0.15, 0.2) is 6.20 Å². The van der Waals surface area contributed by atoms with Gasteiger partial charge in [0.2, 0.25) is 5.95 Å². The molecule has 2 rings (SSSR count). The number of nitrogens with zero attached hydrogens (tertiary/aromatic N) is 2. The number of rotatable bonds is 3. The Morgan fingerprint density at radius 2 is 2.38 bits per heavy atom. The van der Waals surface area contributed by atoms with Crippen molar-refractivity contribution in [1.29, 1.82) is 0 Å². The summed E-state index contributed by atoms with van der Waals surface area (Å²) in [7, 11) is 0. The fourth-order valence-electron chi connectivity index (χ4n) is 2.10. The van der Waals surface area contributed by atoms with E-state index in [0.717, 1.165) is 31.3 Å². The lowest BCUT2D eigenvalue weighted by atomic mass is 10.1. The third-order valence-electron chi connectivity index (χ3n) is 2.80. The number of hydrogen-bond acceptors (Lipinski definition) is 3. The zero-order chi connectivity index (χ0) is 11.5. The van der Waals surface area contributed by atoms with Gasteiger partial charge in [-0.05, 0) is 33.6 Å². The zero-order valence-corrected chi connectivity index (χ0v) is 10.4. The molecule has 16 heavy (non-hydrogen) atoms. The Hall–Kier alpha value is -1.03. The van der Waals surface area contributed by atoms with Gasteiger partial charge in [0, 0.05) is 18.8 Å². The standard InChI is InChI=1S/C12H21N3O/c1-9(2)13-12-14-10(3)7-15(12)11-5-4-6-16-8-11/h7,9,11H,4-6,8H2,1-3H3,(H,13,14). The predicted octanol–water partition coefficient (Wildman–Crippen LogP) is 2.36. The van der Waals surface area contributed by atoms with E-state index in [4.69, 9.17) is 4.74 Å². The molecule has 1 aliphatic rings. The van der Waals surface area contributed by atoms with Crippen molar-refractivity contribution in [3.05, 3.63) is 11.9 Å². The summed E-state index contributed by atoms with van der Waals surface area (Å²) in [4.78, 5) is 4.52. The molecular weight excluding hydrogens is 202 g/mol. The van der Waals surface area contributed by atoms with Crippen molar-refractivity contribution >= 4 is 5.95 Å². The number of hydrogen-bond donors (Lipinski definition) is 1. The number of imidazole rings is 1. The molecule has 1 fully saturated rings. The number of aryl methyl sites for hydroxylation is 1. The lowest BCUT2D eigenvalue weighted by Crippen LogP contribution is -2.23. The van der Waals surface area contributed by atoms with E-state index in [1.807, 2.05) is 6.92 Å². The van der Waals surface area contributed by atoms with Gasteiger partial charge >= 0.3 is 0 Å². The van der Waals surface area contributed by atoms with Crippen LogP contribution in [0.5, 0.6) is 0 Å². The monoisotopic (exact) mass is 223 g/mol. The van der Waals surface area contributed by atoms with Gasteiger partial charge in [-0.15, -0.1) is 0 Å². The highest BCUT2D eigenvalue weighted by Gasteiger charge is 2.19. The Kier molecular flexibility index (Phi) is 3.49. The molecule has 0 radical (unpaired) electrons. The third kappa shape index (κ3) is 2.55. The molecule has 0 amide bonds. The number of aromatic nitrogens is 2. The number of ether oxygens (including phenoxy) is 1. The molecule has 1 unspecified atom stereocenters. The molecule has 0 saturated carbocycles. The van der Waals surface area contributed by atoms with E-state index in [0.29, 0.717) is 12.1 Å². The predicted molar refractivity (Wildman–Crippen MR) is 64.8 cm³/mol. The van der Waals surface area contributed by atoms with Crippen LogP contribution < -0.4 is 5.32 Å². The van der Waals surface area contributed by atoms with Gasteiger partial charge in [0.25, 0.3) is 0 Å². The van der Waals surface area contributed by atoms with Crippen molar-refractivity contribution < 1.29 is 4.74 Å². The second kappa shape index (κ2) is 4.87. The van der Waals surface area contributed by atoms with Gasteiger partial charge in [0.15, 0.2) is 0 Å². The molecule has 2 heterocycles. The molecule has 1 N–H and O–H groups in total. The minimum Gasteiger partial charge on any atom is -0.379 e. The topological polar surface area (TPSA) is 39.1 Å². The van der Waals surface area contributed by atoms with E-state index < -0.39 is 0 Å². The van der Waals surface area contributed by atoms with Gasteiger partial charge in [-0.3, -0.25) is 0 Å². The van der Waals surface area contributed by atoms with Crippen molar-refractivity contribution in [3.63, 3.8) is 0 Å². The van der Waals surface area contributed by atoms with E-state index >= 15 is 0 Å². The van der Waals surface area contributed by atoms with Crippen molar-refractivity contribution in [2.24, 2.45) is 0 Å². The first-order valence-electron chi connectivity index (χ1n) is 6.06. The zero-order valence-electron chi connectivity index (χ0n) is 10.4. The van der Waals surface area contributed by atoms with Crippen LogP contribution in [0.3, 0.4) is 0 Å². The van der Waals surface area contributed by atoms with Gasteiger partial charge in [0.1, 0.15) is 0 Å². The maximum absolute atomic E-state index is 5.53. The molecular formula is C12H21N3O. The Morgan fingerprint density at radius 1 is 1.56 bits per heavy atom. The molecule has 0 aromatic carbocycles. The SMILES string of the molecule is Cc1cn(C2CCCOC2)c(NC(C)C)n1. The fraction of sp³-hybridized carbons (Fsp3) is 0.750. The molecule has 0 spiro atoms. The summed E-state index contributed by atoms with van der Waals surface area (Å²) < 4.78 is 7.76. The molecule has 1 aliphatic heterocycles. The molecule has 4 nitrogen and oxygen atoms in total. The highest BCUT2D eigenvalue weighted by atomic mass is 16.5. The van der Waals surface area contributed by atoms with Gasteiger partial charge in [-0.2, -0.15) is 0 Å². The van der Waals surface area contributed by atoms with Crippen molar-refractivity contribution in [2.75, 3.05) is 18.5 Å². The number of anilines is 1. The summed E-state index contributed by atoms with van der Waals surface area (Å²) in [6, 6.07) is 0.848. The molecule has 90 valence electrons. The molecule has 1 aromatic rings. The van der Waals surface area contributed by atoms with E-state index in [1.165, 1.54) is 6.42 Å². The van der Waals surface area contributed by atoms with Crippen molar-refractivity contribution in [1.82, 2.24) is 9.55 Å². The molecule has 4 heteroatoms. The van der Waals surface area contributed by atoms with Crippen LogP contribution in [0, 0.1) is 6.92 Å². The van der Waals surface area contributed by atoms with Crippen LogP contribution in [0.2, 0.25) is 0 Å². The quantitative estimate of drug-likeness (QED) is 0.855. The van der Waals surface area contributed by atoms with E-state index in [1.54, 1.807) is 0 Å².